The van der Waals surface area contributed by atoms with Crippen LogP contribution in [0.2, 0.25) is 0 Å². The fraction of sp³-hybridized carbons (Fsp3) is 0.464. The average Bonchev–Trinajstić information content (AvgIpc) is 2.96. The lowest BCUT2D eigenvalue weighted by molar-refractivity contribution is -0.111. The summed E-state index contributed by atoms with van der Waals surface area (Å²) in [4.78, 5) is 17.8. The SMILES string of the molecule is CCN1CCN(c2ccc(S(=O)(=O)N3CCCCC3)cc2NC(=O)C=Cc2cccc(OC)c2OC)CC1. The first kappa shape index (κ1) is 27.9. The van der Waals surface area contributed by atoms with Crippen molar-refractivity contribution in [2.75, 3.05) is 70.2 Å². The highest BCUT2D eigenvalue weighted by Crippen LogP contribution is 2.33. The second-order valence-electron chi connectivity index (χ2n) is 9.47. The average molecular weight is 543 g/mol. The number of benzene rings is 2. The Balaban J connectivity index is 1.62. The summed E-state index contributed by atoms with van der Waals surface area (Å²) in [6.07, 6.45) is 5.84. The Morgan fingerprint density at radius 2 is 1.71 bits per heavy atom. The maximum absolute atomic E-state index is 13.4. The molecule has 0 atom stereocenters. The minimum absolute atomic E-state index is 0.198. The minimum Gasteiger partial charge on any atom is -0.493 e. The molecule has 0 radical (unpaired) electrons. The van der Waals surface area contributed by atoms with E-state index in [1.165, 1.54) is 6.08 Å². The molecule has 0 unspecified atom stereocenters. The highest BCUT2D eigenvalue weighted by molar-refractivity contribution is 7.89. The number of likely N-dealkylation sites (N-methyl/N-ethyl adjacent to an activating group) is 1. The van der Waals surface area contributed by atoms with Gasteiger partial charge >= 0.3 is 0 Å². The summed E-state index contributed by atoms with van der Waals surface area (Å²) in [7, 11) is -0.536. The Hall–Kier alpha value is -3.08. The van der Waals surface area contributed by atoms with Gasteiger partial charge in [0.05, 0.1) is 30.5 Å². The molecule has 1 amide bonds. The summed E-state index contributed by atoms with van der Waals surface area (Å²) < 4.78 is 39.1. The van der Waals surface area contributed by atoms with Crippen LogP contribution in [0.3, 0.4) is 0 Å². The van der Waals surface area contributed by atoms with Crippen LogP contribution in [0.4, 0.5) is 11.4 Å². The Morgan fingerprint density at radius 1 is 0.974 bits per heavy atom. The molecule has 4 rings (SSSR count). The number of nitrogens with zero attached hydrogens (tertiary/aromatic N) is 3. The second kappa shape index (κ2) is 12.6. The number of carbonyl (C=O) groups is 1. The van der Waals surface area contributed by atoms with Crippen molar-refractivity contribution in [2.24, 2.45) is 0 Å². The van der Waals surface area contributed by atoms with E-state index in [9.17, 15) is 13.2 Å². The summed E-state index contributed by atoms with van der Waals surface area (Å²) in [5.41, 5.74) is 2.00. The van der Waals surface area contributed by atoms with Gasteiger partial charge in [-0.3, -0.25) is 4.79 Å². The number of nitrogens with one attached hydrogen (secondary N) is 1. The lowest BCUT2D eigenvalue weighted by atomic mass is 10.1. The molecule has 0 spiro atoms. The van der Waals surface area contributed by atoms with Gasteiger partial charge in [0.15, 0.2) is 11.5 Å². The predicted octanol–water partition coefficient (Wildman–Crippen LogP) is 3.67. The number of hydrogen-bond donors (Lipinski definition) is 1. The summed E-state index contributed by atoms with van der Waals surface area (Å²) in [6.45, 7) is 7.60. The monoisotopic (exact) mass is 542 g/mol. The Kier molecular flexibility index (Phi) is 9.30. The molecule has 2 aliphatic heterocycles. The van der Waals surface area contributed by atoms with Gasteiger partial charge in [0, 0.05) is 50.9 Å². The first-order valence-corrected chi connectivity index (χ1v) is 14.6. The molecule has 0 saturated carbocycles. The molecule has 0 aliphatic carbocycles. The maximum atomic E-state index is 13.4. The summed E-state index contributed by atoms with van der Waals surface area (Å²) >= 11 is 0. The van der Waals surface area contributed by atoms with Crippen molar-refractivity contribution in [3.05, 3.63) is 48.0 Å². The molecule has 0 bridgehead atoms. The van der Waals surface area contributed by atoms with Crippen LogP contribution < -0.4 is 19.7 Å². The van der Waals surface area contributed by atoms with Crippen LogP contribution >= 0.6 is 0 Å². The third-order valence-corrected chi connectivity index (χ3v) is 9.08. The van der Waals surface area contributed by atoms with E-state index in [4.69, 9.17) is 9.47 Å². The molecule has 1 N–H and O–H groups in total. The number of methoxy groups -OCH3 is 2. The molecular weight excluding hydrogens is 504 g/mol. The number of amides is 1. The van der Waals surface area contributed by atoms with Crippen LogP contribution in [0.1, 0.15) is 31.7 Å². The normalized spacial score (nSPS) is 17.5. The molecule has 2 aromatic carbocycles. The van der Waals surface area contributed by atoms with Crippen LogP contribution in [0.15, 0.2) is 47.4 Å². The number of sulfonamides is 1. The fourth-order valence-electron chi connectivity index (χ4n) is 4.99. The first-order valence-electron chi connectivity index (χ1n) is 13.2. The second-order valence-corrected chi connectivity index (χ2v) is 11.4. The summed E-state index contributed by atoms with van der Waals surface area (Å²) in [5, 5.41) is 2.95. The zero-order valence-electron chi connectivity index (χ0n) is 22.5. The van der Waals surface area contributed by atoms with E-state index in [1.807, 2.05) is 18.2 Å². The number of carbonyl (C=O) groups excluding carboxylic acids is 1. The van der Waals surface area contributed by atoms with Crippen molar-refractivity contribution < 1.29 is 22.7 Å². The molecule has 2 heterocycles. The Labute approximate surface area is 226 Å². The van der Waals surface area contributed by atoms with E-state index >= 15 is 0 Å². The molecule has 2 fully saturated rings. The van der Waals surface area contributed by atoms with E-state index in [-0.39, 0.29) is 10.8 Å². The molecule has 2 aromatic rings. The van der Waals surface area contributed by atoms with E-state index in [1.54, 1.807) is 42.8 Å². The van der Waals surface area contributed by atoms with Crippen LogP contribution in [-0.4, -0.2) is 83.6 Å². The van der Waals surface area contributed by atoms with E-state index < -0.39 is 10.0 Å². The van der Waals surface area contributed by atoms with Gasteiger partial charge in [-0.2, -0.15) is 4.31 Å². The van der Waals surface area contributed by atoms with Crippen molar-refractivity contribution in [1.29, 1.82) is 0 Å². The zero-order valence-corrected chi connectivity index (χ0v) is 23.3. The van der Waals surface area contributed by atoms with E-state index in [0.29, 0.717) is 35.8 Å². The third-order valence-electron chi connectivity index (χ3n) is 7.19. The van der Waals surface area contributed by atoms with Crippen molar-refractivity contribution >= 4 is 33.4 Å². The van der Waals surface area contributed by atoms with Gasteiger partial charge in [-0.15, -0.1) is 0 Å². The summed E-state index contributed by atoms with van der Waals surface area (Å²) in [5.74, 6) is 0.734. The topological polar surface area (TPSA) is 91.4 Å². The standard InChI is InChI=1S/C28H38N4O5S/c1-4-30-17-19-31(20-18-30)25-13-12-23(38(34,35)32-15-6-5-7-16-32)21-24(25)29-27(33)14-11-22-9-8-10-26(36-2)28(22)37-3/h8-14,21H,4-7,15-20H2,1-3H3,(H,29,33). The third kappa shape index (κ3) is 6.31. The molecule has 2 saturated heterocycles. The fourth-order valence-corrected chi connectivity index (χ4v) is 6.54. The molecule has 206 valence electrons. The van der Waals surface area contributed by atoms with Gasteiger partial charge in [0.2, 0.25) is 15.9 Å². The van der Waals surface area contributed by atoms with Crippen molar-refractivity contribution in [2.45, 2.75) is 31.1 Å². The van der Waals surface area contributed by atoms with Gasteiger partial charge in [-0.1, -0.05) is 25.5 Å². The van der Waals surface area contributed by atoms with Crippen molar-refractivity contribution in [3.8, 4) is 11.5 Å². The predicted molar refractivity (Wildman–Crippen MR) is 151 cm³/mol. The van der Waals surface area contributed by atoms with Crippen LogP contribution in [-0.2, 0) is 14.8 Å². The Bertz CT molecular complexity index is 1250. The van der Waals surface area contributed by atoms with Crippen LogP contribution in [0.25, 0.3) is 6.08 Å². The number of ether oxygens (including phenoxy) is 2. The Morgan fingerprint density at radius 3 is 2.37 bits per heavy atom. The van der Waals surface area contributed by atoms with Gasteiger partial charge in [-0.25, -0.2) is 8.42 Å². The number of hydrogen-bond acceptors (Lipinski definition) is 7. The van der Waals surface area contributed by atoms with Gasteiger partial charge in [0.1, 0.15) is 0 Å². The van der Waals surface area contributed by atoms with E-state index in [2.05, 4.69) is 22.0 Å². The lowest BCUT2D eigenvalue weighted by Gasteiger charge is -2.36. The van der Waals surface area contributed by atoms with Gasteiger partial charge in [0.25, 0.3) is 0 Å². The highest BCUT2D eigenvalue weighted by Gasteiger charge is 2.28. The lowest BCUT2D eigenvalue weighted by Crippen LogP contribution is -2.46. The van der Waals surface area contributed by atoms with Crippen LogP contribution in [0.5, 0.6) is 11.5 Å². The maximum Gasteiger partial charge on any atom is 0.248 e. The molecular formula is C28H38N4O5S. The molecule has 9 nitrogen and oxygen atoms in total. The van der Waals surface area contributed by atoms with Gasteiger partial charge in [-0.05, 0) is 49.7 Å². The largest absolute Gasteiger partial charge is 0.493 e. The van der Waals surface area contributed by atoms with Crippen LogP contribution in [0, 0.1) is 0 Å². The number of anilines is 2. The van der Waals surface area contributed by atoms with Gasteiger partial charge < -0.3 is 24.6 Å². The molecule has 38 heavy (non-hydrogen) atoms. The highest BCUT2D eigenvalue weighted by atomic mass is 32.2. The number of piperidine rings is 1. The quantitative estimate of drug-likeness (QED) is 0.484. The van der Waals surface area contributed by atoms with Crippen molar-refractivity contribution in [1.82, 2.24) is 9.21 Å². The number of piperazine rings is 1. The zero-order chi connectivity index (χ0) is 27.1. The number of para-hydroxylation sites is 1. The van der Waals surface area contributed by atoms with E-state index in [0.717, 1.165) is 57.7 Å². The molecule has 2 aliphatic rings. The number of rotatable bonds is 9. The summed E-state index contributed by atoms with van der Waals surface area (Å²) in [6, 6.07) is 10.5. The first-order chi connectivity index (χ1) is 18.4. The molecule has 0 aromatic heterocycles. The smallest absolute Gasteiger partial charge is 0.248 e. The molecule has 10 heteroatoms. The van der Waals surface area contributed by atoms with Crippen molar-refractivity contribution in [3.63, 3.8) is 0 Å². The minimum atomic E-state index is -3.65.